The van der Waals surface area contributed by atoms with Gasteiger partial charge in [-0.3, -0.25) is 10.4 Å². The van der Waals surface area contributed by atoms with Gasteiger partial charge in [-0.15, -0.1) is 0 Å². The molecule has 5 heteroatoms. The largest absolute Gasteiger partial charge is 0.358 e. The van der Waals surface area contributed by atoms with Gasteiger partial charge in [0.05, 0.1) is 6.21 Å². The van der Waals surface area contributed by atoms with Gasteiger partial charge >= 0.3 is 0 Å². The number of aromatic nitrogens is 1. The van der Waals surface area contributed by atoms with Gasteiger partial charge in [-0.2, -0.15) is 5.10 Å². The third-order valence-corrected chi connectivity index (χ3v) is 5.60. The highest BCUT2D eigenvalue weighted by molar-refractivity contribution is 7.80. The molecule has 3 aliphatic carbocycles. The van der Waals surface area contributed by atoms with E-state index >= 15 is 0 Å². The lowest BCUT2D eigenvalue weighted by molar-refractivity contribution is 0.246. The first-order chi connectivity index (χ1) is 10.8. The normalized spacial score (nSPS) is 35.0. The maximum Gasteiger partial charge on any atom is 0.187 e. The number of rotatable bonds is 3. The van der Waals surface area contributed by atoms with Gasteiger partial charge in [0, 0.05) is 24.0 Å². The van der Waals surface area contributed by atoms with Crippen molar-refractivity contribution in [1.82, 2.24) is 15.7 Å². The Labute approximate surface area is 136 Å². The third kappa shape index (κ3) is 2.54. The van der Waals surface area contributed by atoms with Crippen molar-refractivity contribution in [3.8, 4) is 0 Å². The number of pyridine rings is 1. The van der Waals surface area contributed by atoms with E-state index in [1.165, 1.54) is 19.3 Å². The SMILES string of the molecule is S=C(N/N=C\c1cccnc1)N[C@@H]1C[C@@H]2C[C@@H]1[C@H]1C=CC[C@H]21. The Bertz CT molecular complexity index is 612. The van der Waals surface area contributed by atoms with Crippen LogP contribution >= 0.6 is 12.2 Å². The zero-order valence-corrected chi connectivity index (χ0v) is 13.2. The molecule has 2 saturated carbocycles. The minimum atomic E-state index is 0.502. The molecule has 0 saturated heterocycles. The summed E-state index contributed by atoms with van der Waals surface area (Å²) in [5.41, 5.74) is 3.88. The Morgan fingerprint density at radius 2 is 2.32 bits per heavy atom. The molecule has 4 rings (SSSR count). The number of allylic oxidation sites excluding steroid dienone is 2. The minimum Gasteiger partial charge on any atom is -0.358 e. The minimum absolute atomic E-state index is 0.502. The van der Waals surface area contributed by atoms with E-state index in [9.17, 15) is 0 Å². The van der Waals surface area contributed by atoms with Crippen LogP contribution in [0.5, 0.6) is 0 Å². The molecule has 0 amide bonds. The van der Waals surface area contributed by atoms with Crippen LogP contribution in [0.15, 0.2) is 41.8 Å². The third-order valence-electron chi connectivity index (χ3n) is 5.39. The van der Waals surface area contributed by atoms with E-state index in [0.717, 1.165) is 29.2 Å². The Hall–Kier alpha value is -1.75. The summed E-state index contributed by atoms with van der Waals surface area (Å²) < 4.78 is 0. The maximum absolute atomic E-state index is 5.37. The maximum atomic E-state index is 5.37. The van der Waals surface area contributed by atoms with Crippen LogP contribution in [-0.2, 0) is 0 Å². The fourth-order valence-corrected chi connectivity index (χ4v) is 4.73. The lowest BCUT2D eigenvalue weighted by Crippen LogP contribution is -2.45. The molecule has 1 aromatic rings. The van der Waals surface area contributed by atoms with Crippen LogP contribution in [-0.4, -0.2) is 22.4 Å². The molecule has 0 unspecified atom stereocenters. The molecule has 0 radical (unpaired) electrons. The van der Waals surface area contributed by atoms with E-state index < -0.39 is 0 Å². The zero-order valence-electron chi connectivity index (χ0n) is 12.4. The molecule has 0 aliphatic heterocycles. The van der Waals surface area contributed by atoms with Crippen molar-refractivity contribution < 1.29 is 0 Å². The fraction of sp³-hybridized carbons (Fsp3) is 0.471. The molecule has 3 aliphatic rings. The average Bonchev–Trinajstić information content (AvgIpc) is 3.20. The summed E-state index contributed by atoms with van der Waals surface area (Å²) in [4.78, 5) is 4.05. The second-order valence-corrected chi connectivity index (χ2v) is 6.94. The first kappa shape index (κ1) is 13.9. The standard InChI is InChI=1S/C17H20N4S/c22-17(21-19-10-11-3-2-6-18-9-11)20-16-8-12-7-15(16)14-5-1-4-13(12)14/h1-3,5-6,9-10,12-16H,4,7-8H2,(H2,20,21,22)/b19-10-/t12-,13+,14-,15+,16+/m0/s1. The highest BCUT2D eigenvalue weighted by Gasteiger charge is 2.52. The number of hydrogen-bond donors (Lipinski definition) is 2. The topological polar surface area (TPSA) is 49.3 Å². The molecule has 2 N–H and O–H groups in total. The Kier molecular flexibility index (Phi) is 3.66. The van der Waals surface area contributed by atoms with Crippen LogP contribution in [0.25, 0.3) is 0 Å². The first-order valence-corrected chi connectivity index (χ1v) is 8.38. The summed E-state index contributed by atoms with van der Waals surface area (Å²) in [5.74, 6) is 3.31. The number of fused-ring (bicyclic) bond motifs is 5. The molecule has 5 atom stereocenters. The fourth-order valence-electron chi connectivity index (χ4n) is 4.53. The van der Waals surface area contributed by atoms with Crippen molar-refractivity contribution in [2.45, 2.75) is 25.3 Å². The van der Waals surface area contributed by atoms with Gasteiger partial charge in [-0.25, -0.2) is 0 Å². The van der Waals surface area contributed by atoms with Gasteiger partial charge in [-0.1, -0.05) is 18.2 Å². The quantitative estimate of drug-likeness (QED) is 0.390. The average molecular weight is 312 g/mol. The summed E-state index contributed by atoms with van der Waals surface area (Å²) in [6, 6.07) is 4.35. The lowest BCUT2D eigenvalue weighted by Gasteiger charge is -2.32. The predicted molar refractivity (Wildman–Crippen MR) is 91.4 cm³/mol. The molecule has 1 aromatic heterocycles. The molecule has 0 spiro atoms. The van der Waals surface area contributed by atoms with Gasteiger partial charge in [0.1, 0.15) is 0 Å². The second kappa shape index (κ2) is 5.80. The Morgan fingerprint density at radius 3 is 3.18 bits per heavy atom. The van der Waals surface area contributed by atoms with Gasteiger partial charge in [0.25, 0.3) is 0 Å². The Morgan fingerprint density at radius 1 is 1.36 bits per heavy atom. The molecule has 1 heterocycles. The van der Waals surface area contributed by atoms with Crippen molar-refractivity contribution in [3.63, 3.8) is 0 Å². The van der Waals surface area contributed by atoms with Crippen LogP contribution in [0.1, 0.15) is 24.8 Å². The molecular weight excluding hydrogens is 292 g/mol. The number of hydrogen-bond acceptors (Lipinski definition) is 3. The molecule has 4 nitrogen and oxygen atoms in total. The van der Waals surface area contributed by atoms with Crippen LogP contribution in [0, 0.1) is 23.7 Å². The molecule has 22 heavy (non-hydrogen) atoms. The summed E-state index contributed by atoms with van der Waals surface area (Å²) in [7, 11) is 0. The number of hydrazone groups is 1. The van der Waals surface area contributed by atoms with Gasteiger partial charge in [0.2, 0.25) is 0 Å². The van der Waals surface area contributed by atoms with E-state index in [-0.39, 0.29) is 0 Å². The first-order valence-electron chi connectivity index (χ1n) is 7.97. The van der Waals surface area contributed by atoms with Crippen LogP contribution in [0.2, 0.25) is 0 Å². The number of nitrogens with one attached hydrogen (secondary N) is 2. The smallest absolute Gasteiger partial charge is 0.187 e. The monoisotopic (exact) mass is 312 g/mol. The van der Waals surface area contributed by atoms with Crippen molar-refractivity contribution in [3.05, 3.63) is 42.2 Å². The van der Waals surface area contributed by atoms with Gasteiger partial charge < -0.3 is 5.32 Å². The zero-order chi connectivity index (χ0) is 14.9. The highest BCUT2D eigenvalue weighted by atomic mass is 32.1. The number of nitrogens with zero attached hydrogens (tertiary/aromatic N) is 2. The van der Waals surface area contributed by atoms with E-state index in [4.69, 9.17) is 12.2 Å². The molecular formula is C17H20N4S. The van der Waals surface area contributed by atoms with Crippen molar-refractivity contribution in [1.29, 1.82) is 0 Å². The van der Waals surface area contributed by atoms with Gasteiger partial charge in [-0.05, 0) is 61.2 Å². The summed E-state index contributed by atoms with van der Waals surface area (Å²) in [6.07, 6.45) is 13.9. The summed E-state index contributed by atoms with van der Waals surface area (Å²) in [5, 5.41) is 8.27. The van der Waals surface area contributed by atoms with Crippen molar-refractivity contribution in [2.75, 3.05) is 0 Å². The van der Waals surface area contributed by atoms with E-state index in [0.29, 0.717) is 11.2 Å². The summed E-state index contributed by atoms with van der Waals surface area (Å²) in [6.45, 7) is 0. The second-order valence-electron chi connectivity index (χ2n) is 6.54. The lowest BCUT2D eigenvalue weighted by atomic mass is 9.79. The number of thiocarbonyl (C=S) groups is 1. The van der Waals surface area contributed by atoms with Crippen LogP contribution in [0.3, 0.4) is 0 Å². The van der Waals surface area contributed by atoms with Crippen LogP contribution < -0.4 is 10.7 Å². The van der Waals surface area contributed by atoms with E-state index in [1.807, 2.05) is 12.1 Å². The van der Waals surface area contributed by atoms with Crippen molar-refractivity contribution in [2.24, 2.45) is 28.8 Å². The van der Waals surface area contributed by atoms with Crippen molar-refractivity contribution >= 4 is 23.5 Å². The Balaban J connectivity index is 1.30. The molecule has 114 valence electrons. The molecule has 0 aromatic carbocycles. The van der Waals surface area contributed by atoms with Crippen LogP contribution in [0.4, 0.5) is 0 Å². The van der Waals surface area contributed by atoms with E-state index in [2.05, 4.69) is 33.0 Å². The van der Waals surface area contributed by atoms with E-state index in [1.54, 1.807) is 18.6 Å². The van der Waals surface area contributed by atoms with Gasteiger partial charge in [0.15, 0.2) is 5.11 Å². The highest BCUT2D eigenvalue weighted by Crippen LogP contribution is 2.56. The summed E-state index contributed by atoms with van der Waals surface area (Å²) >= 11 is 5.37. The molecule has 2 bridgehead atoms. The predicted octanol–water partition coefficient (Wildman–Crippen LogP) is 2.48. The molecule has 2 fully saturated rings.